The Hall–Kier alpha value is -2.25. The zero-order valence-electron chi connectivity index (χ0n) is 18.2. The van der Waals surface area contributed by atoms with Gasteiger partial charge < -0.3 is 4.74 Å². The van der Waals surface area contributed by atoms with Gasteiger partial charge in [0.15, 0.2) is 0 Å². The van der Waals surface area contributed by atoms with Crippen LogP contribution in [-0.2, 0) is 17.1 Å². The zero-order valence-corrected chi connectivity index (χ0v) is 18.2. The summed E-state index contributed by atoms with van der Waals surface area (Å²) >= 11 is 0. The molecule has 2 nitrogen and oxygen atoms in total. The number of rotatable bonds is 5. The molecule has 1 aromatic carbocycles. The topological polar surface area (TPSA) is 21.6 Å². The maximum atomic E-state index is 13.2. The third-order valence-corrected chi connectivity index (χ3v) is 5.06. The molecule has 0 fully saturated rings. The lowest BCUT2D eigenvalue weighted by atomic mass is 9.79. The third-order valence-electron chi connectivity index (χ3n) is 5.06. The Morgan fingerprint density at radius 3 is 2.16 bits per heavy atom. The average molecular weight is 447 g/mol. The van der Waals surface area contributed by atoms with Crippen LogP contribution in [0, 0.1) is 5.41 Å². The number of ether oxygens (including phenoxy) is 1. The molecule has 0 aliphatic heterocycles. The van der Waals surface area contributed by atoms with E-state index in [1.807, 2.05) is 40.7 Å². The summed E-state index contributed by atoms with van der Waals surface area (Å²) < 4.78 is 84.6. The number of hydrogen-bond donors (Lipinski definition) is 0. The van der Waals surface area contributed by atoms with E-state index in [0.717, 1.165) is 24.5 Å². The molecule has 172 valence electrons. The van der Waals surface area contributed by atoms with E-state index in [2.05, 4.69) is 4.99 Å². The fourth-order valence-electron chi connectivity index (χ4n) is 3.24. The minimum Gasteiger partial charge on any atom is -0.490 e. The highest BCUT2D eigenvalue weighted by atomic mass is 19.4. The van der Waals surface area contributed by atoms with Crippen molar-refractivity contribution in [3.8, 4) is 0 Å². The van der Waals surface area contributed by atoms with Gasteiger partial charge in [-0.25, -0.2) is 0 Å². The third kappa shape index (κ3) is 6.37. The normalized spacial score (nSPS) is 17.2. The number of halogens is 6. The van der Waals surface area contributed by atoms with Gasteiger partial charge in [0.05, 0.1) is 22.9 Å². The molecular weight excluding hydrogens is 420 g/mol. The van der Waals surface area contributed by atoms with Crippen molar-refractivity contribution in [1.82, 2.24) is 0 Å². The van der Waals surface area contributed by atoms with E-state index in [-0.39, 0.29) is 17.2 Å². The van der Waals surface area contributed by atoms with Gasteiger partial charge in [0.2, 0.25) is 0 Å². The smallest absolute Gasteiger partial charge is 0.417 e. The first-order valence-electron chi connectivity index (χ1n) is 10.1. The quantitative estimate of drug-likeness (QED) is 0.329. The molecule has 0 aromatic heterocycles. The van der Waals surface area contributed by atoms with Gasteiger partial charge in [-0.15, -0.1) is 0 Å². The summed E-state index contributed by atoms with van der Waals surface area (Å²) in [6.07, 6.45) is -4.83. The number of hydrogen-bond acceptors (Lipinski definition) is 2. The Morgan fingerprint density at radius 1 is 1.03 bits per heavy atom. The average Bonchev–Trinajstić information content (AvgIpc) is 2.64. The Labute approximate surface area is 178 Å². The van der Waals surface area contributed by atoms with Gasteiger partial charge in [0.25, 0.3) is 0 Å². The fraction of sp³-hybridized carbons (Fsp3) is 0.522. The van der Waals surface area contributed by atoms with Crippen LogP contribution in [0.5, 0.6) is 0 Å². The van der Waals surface area contributed by atoms with Gasteiger partial charge in [-0.05, 0) is 55.4 Å². The Morgan fingerprint density at radius 2 is 1.65 bits per heavy atom. The van der Waals surface area contributed by atoms with Crippen LogP contribution in [0.3, 0.4) is 0 Å². The fourth-order valence-corrected chi connectivity index (χ4v) is 3.24. The lowest BCUT2D eigenvalue weighted by Gasteiger charge is -2.31. The first kappa shape index (κ1) is 25.0. The van der Waals surface area contributed by atoms with Crippen LogP contribution < -0.4 is 0 Å². The van der Waals surface area contributed by atoms with Crippen molar-refractivity contribution in [2.75, 3.05) is 0 Å². The molecular formula is C23H27F6NO. The number of nitrogens with zero attached hydrogens (tertiary/aromatic N) is 1. The van der Waals surface area contributed by atoms with Crippen molar-refractivity contribution in [2.24, 2.45) is 10.4 Å². The van der Waals surface area contributed by atoms with Crippen molar-refractivity contribution < 1.29 is 31.1 Å². The highest BCUT2D eigenvalue weighted by Gasteiger charge is 2.43. The SMILES string of the molecule is CCC(C)OC1=C(C(C)(C)C)CCC=C1C=Nc1ccc(C(F)(F)F)c(C(F)(F)F)c1. The van der Waals surface area contributed by atoms with Gasteiger partial charge in [-0.2, -0.15) is 26.3 Å². The highest BCUT2D eigenvalue weighted by Crippen LogP contribution is 2.42. The van der Waals surface area contributed by atoms with Gasteiger partial charge in [0, 0.05) is 11.8 Å². The van der Waals surface area contributed by atoms with E-state index in [1.54, 1.807) is 0 Å². The minimum atomic E-state index is -5.15. The Balaban J connectivity index is 2.47. The monoisotopic (exact) mass is 447 g/mol. The highest BCUT2D eigenvalue weighted by molar-refractivity contribution is 5.86. The van der Waals surface area contributed by atoms with E-state index in [1.165, 1.54) is 6.21 Å². The van der Waals surface area contributed by atoms with Gasteiger partial charge in [-0.3, -0.25) is 4.99 Å². The predicted molar refractivity (Wildman–Crippen MR) is 109 cm³/mol. The largest absolute Gasteiger partial charge is 0.490 e. The maximum absolute atomic E-state index is 13.2. The standard InChI is InChI=1S/C23H27F6NO/c1-6-14(2)31-20-15(8-7-9-18(20)21(3,4)5)13-30-16-10-11-17(22(24,25)26)19(12-16)23(27,28)29/h8,10-14H,6-7,9H2,1-5H3. The molecule has 0 saturated heterocycles. The molecule has 0 saturated carbocycles. The van der Waals surface area contributed by atoms with Crippen LogP contribution in [0.1, 0.15) is 65.0 Å². The molecule has 8 heteroatoms. The first-order chi connectivity index (χ1) is 14.1. The van der Waals surface area contributed by atoms with Crippen molar-refractivity contribution in [2.45, 2.75) is 72.3 Å². The van der Waals surface area contributed by atoms with Crippen molar-refractivity contribution in [3.05, 3.63) is 52.3 Å². The number of benzene rings is 1. The molecule has 1 aromatic rings. The lowest BCUT2D eigenvalue weighted by molar-refractivity contribution is -0.162. The summed E-state index contributed by atoms with van der Waals surface area (Å²) in [7, 11) is 0. The summed E-state index contributed by atoms with van der Waals surface area (Å²) in [5, 5.41) is 0. The lowest BCUT2D eigenvalue weighted by Crippen LogP contribution is -2.20. The molecule has 0 bridgehead atoms. The molecule has 0 radical (unpaired) electrons. The van der Waals surface area contributed by atoms with Crippen LogP contribution in [0.25, 0.3) is 0 Å². The number of allylic oxidation sites excluding steroid dienone is 3. The van der Waals surface area contributed by atoms with Crippen molar-refractivity contribution in [1.29, 1.82) is 0 Å². The Bertz CT molecular complexity index is 885. The summed E-state index contributed by atoms with van der Waals surface area (Å²) in [5.74, 6) is 0.639. The molecule has 1 aliphatic rings. The predicted octanol–water partition coefficient (Wildman–Crippen LogP) is 8.26. The zero-order chi connectivity index (χ0) is 23.6. The number of alkyl halides is 6. The van der Waals surface area contributed by atoms with Crippen LogP contribution in [0.4, 0.5) is 32.0 Å². The molecule has 0 N–H and O–H groups in total. The van der Waals surface area contributed by atoms with Crippen molar-refractivity contribution in [3.63, 3.8) is 0 Å². The molecule has 1 aliphatic carbocycles. The van der Waals surface area contributed by atoms with E-state index >= 15 is 0 Å². The van der Waals surface area contributed by atoms with E-state index < -0.39 is 23.5 Å². The molecule has 0 spiro atoms. The van der Waals surface area contributed by atoms with Gasteiger partial charge in [-0.1, -0.05) is 33.8 Å². The number of aliphatic imine (C=N–C) groups is 1. The minimum absolute atomic E-state index is 0.0786. The molecule has 0 heterocycles. The van der Waals surface area contributed by atoms with E-state index in [0.29, 0.717) is 29.9 Å². The van der Waals surface area contributed by atoms with Gasteiger partial charge in [0.1, 0.15) is 5.76 Å². The summed E-state index contributed by atoms with van der Waals surface area (Å²) in [4.78, 5) is 4.05. The second-order valence-corrected chi connectivity index (χ2v) is 8.58. The van der Waals surface area contributed by atoms with Crippen molar-refractivity contribution >= 4 is 11.9 Å². The van der Waals surface area contributed by atoms with Crippen LogP contribution >= 0.6 is 0 Å². The molecule has 2 rings (SSSR count). The maximum Gasteiger partial charge on any atom is 0.417 e. The van der Waals surface area contributed by atoms with E-state index in [4.69, 9.17) is 4.74 Å². The van der Waals surface area contributed by atoms with E-state index in [9.17, 15) is 26.3 Å². The molecule has 1 unspecified atom stereocenters. The van der Waals surface area contributed by atoms with Crippen LogP contribution in [0.2, 0.25) is 0 Å². The Kier molecular flexibility index (Phi) is 7.33. The molecule has 31 heavy (non-hydrogen) atoms. The molecule has 0 amide bonds. The first-order valence-corrected chi connectivity index (χ1v) is 10.1. The molecule has 1 atom stereocenters. The second kappa shape index (κ2) is 9.09. The summed E-state index contributed by atoms with van der Waals surface area (Å²) in [6.45, 7) is 10.0. The summed E-state index contributed by atoms with van der Waals surface area (Å²) in [6, 6.07) is 1.77. The van der Waals surface area contributed by atoms with Gasteiger partial charge >= 0.3 is 12.4 Å². The van der Waals surface area contributed by atoms with Crippen LogP contribution in [0.15, 0.2) is 46.2 Å². The second-order valence-electron chi connectivity index (χ2n) is 8.58. The summed E-state index contributed by atoms with van der Waals surface area (Å²) in [5.41, 5.74) is -2.20. The van der Waals surface area contributed by atoms with Crippen LogP contribution in [-0.4, -0.2) is 12.3 Å².